The fourth-order valence-corrected chi connectivity index (χ4v) is 1.22. The molecule has 0 aromatic heterocycles. The second-order valence-electron chi connectivity index (χ2n) is 3.09. The molecule has 0 spiro atoms. The van der Waals surface area contributed by atoms with Crippen molar-refractivity contribution < 1.29 is 29.9 Å². The Morgan fingerprint density at radius 2 is 2.08 bits per heavy atom. The van der Waals surface area contributed by atoms with Crippen LogP contribution in [0.2, 0.25) is 0 Å². The van der Waals surface area contributed by atoms with Gasteiger partial charge in [0.2, 0.25) is 5.79 Å². The summed E-state index contributed by atoms with van der Waals surface area (Å²) in [6.07, 6.45) is -4.18. The molecule has 78 valence electrons. The van der Waals surface area contributed by atoms with Crippen LogP contribution in [0.4, 0.5) is 0 Å². The number of ether oxygens (including phenoxy) is 2. The van der Waals surface area contributed by atoms with Crippen molar-refractivity contribution in [2.45, 2.75) is 24.1 Å². The Kier molecular flexibility index (Phi) is 3.23. The first-order valence-electron chi connectivity index (χ1n) is 3.91. The molecule has 0 radical (unpaired) electrons. The first kappa shape index (κ1) is 10.8. The topological polar surface area (TPSA) is 99.4 Å². The zero-order chi connectivity index (χ0) is 10.1. The Hall–Kier alpha value is -0.240. The molecule has 1 saturated heterocycles. The lowest BCUT2D eigenvalue weighted by Gasteiger charge is -2.40. The molecule has 1 rings (SSSR count). The molecule has 0 saturated carbocycles. The summed E-state index contributed by atoms with van der Waals surface area (Å²) in [5, 5.41) is 37.2. The summed E-state index contributed by atoms with van der Waals surface area (Å²) < 4.78 is 9.38. The molecule has 1 unspecified atom stereocenters. The van der Waals surface area contributed by atoms with E-state index in [0.717, 1.165) is 0 Å². The van der Waals surface area contributed by atoms with Crippen LogP contribution in [0.1, 0.15) is 0 Å². The van der Waals surface area contributed by atoms with Crippen molar-refractivity contribution in [3.63, 3.8) is 0 Å². The average Bonchev–Trinajstić information content (AvgIpc) is 2.10. The van der Waals surface area contributed by atoms with E-state index in [1.807, 2.05) is 0 Å². The van der Waals surface area contributed by atoms with Gasteiger partial charge in [0.25, 0.3) is 0 Å². The summed E-state index contributed by atoms with van der Waals surface area (Å²) in [4.78, 5) is 0. The van der Waals surface area contributed by atoms with Crippen LogP contribution < -0.4 is 0 Å². The van der Waals surface area contributed by atoms with Crippen LogP contribution in [-0.4, -0.2) is 64.8 Å². The summed E-state index contributed by atoms with van der Waals surface area (Å²) in [6, 6.07) is 0. The molecule has 4 N–H and O–H groups in total. The number of rotatable bonds is 2. The molecule has 0 aromatic rings. The predicted molar refractivity (Wildman–Crippen MR) is 40.8 cm³/mol. The first-order valence-corrected chi connectivity index (χ1v) is 3.91. The third-order valence-electron chi connectivity index (χ3n) is 2.04. The molecule has 1 fully saturated rings. The Balaban J connectivity index is 2.67. The molecule has 0 amide bonds. The van der Waals surface area contributed by atoms with E-state index in [9.17, 15) is 15.3 Å². The molecule has 0 aromatic carbocycles. The van der Waals surface area contributed by atoms with Crippen LogP contribution in [0, 0.1) is 0 Å². The van der Waals surface area contributed by atoms with Gasteiger partial charge in [-0.25, -0.2) is 0 Å². The minimum absolute atomic E-state index is 0.238. The van der Waals surface area contributed by atoms with E-state index in [0.29, 0.717) is 0 Å². The fourth-order valence-electron chi connectivity index (χ4n) is 1.22. The quantitative estimate of drug-likeness (QED) is 0.386. The fraction of sp³-hybridized carbons (Fsp3) is 1.00. The second kappa shape index (κ2) is 3.87. The van der Waals surface area contributed by atoms with Crippen LogP contribution in [0.5, 0.6) is 0 Å². The maximum Gasteiger partial charge on any atom is 0.219 e. The number of aliphatic hydroxyl groups excluding tert-OH is 3. The highest BCUT2D eigenvalue weighted by atomic mass is 16.7. The van der Waals surface area contributed by atoms with Crippen LogP contribution in [0.25, 0.3) is 0 Å². The lowest BCUT2D eigenvalue weighted by Crippen LogP contribution is -2.62. The molecule has 4 atom stereocenters. The van der Waals surface area contributed by atoms with E-state index in [1.165, 1.54) is 7.11 Å². The minimum Gasteiger partial charge on any atom is -0.388 e. The van der Waals surface area contributed by atoms with Crippen molar-refractivity contribution in [1.82, 2.24) is 0 Å². The summed E-state index contributed by atoms with van der Waals surface area (Å²) >= 11 is 0. The van der Waals surface area contributed by atoms with E-state index in [4.69, 9.17) is 9.84 Å². The normalized spacial score (nSPS) is 46.4. The monoisotopic (exact) mass is 194 g/mol. The molecule has 1 heterocycles. The van der Waals surface area contributed by atoms with E-state index in [-0.39, 0.29) is 13.2 Å². The van der Waals surface area contributed by atoms with E-state index in [1.54, 1.807) is 0 Å². The van der Waals surface area contributed by atoms with Crippen LogP contribution in [0.15, 0.2) is 0 Å². The molecule has 6 heteroatoms. The number of hydrogen-bond acceptors (Lipinski definition) is 6. The molecule has 0 bridgehead atoms. The van der Waals surface area contributed by atoms with Crippen molar-refractivity contribution in [1.29, 1.82) is 0 Å². The number of aliphatic hydroxyl groups is 4. The zero-order valence-electron chi connectivity index (χ0n) is 7.25. The van der Waals surface area contributed by atoms with Gasteiger partial charge in [-0.15, -0.1) is 0 Å². The van der Waals surface area contributed by atoms with Gasteiger partial charge in [0.05, 0.1) is 6.61 Å². The molecule has 6 nitrogen and oxygen atoms in total. The second-order valence-corrected chi connectivity index (χ2v) is 3.09. The maximum absolute atomic E-state index is 9.56. The van der Waals surface area contributed by atoms with Gasteiger partial charge >= 0.3 is 0 Å². The molecular formula is C7H14O6. The predicted octanol–water partition coefficient (Wildman–Crippen LogP) is -2.57. The number of methoxy groups -OCH3 is 1. The van der Waals surface area contributed by atoms with Crippen molar-refractivity contribution in [3.05, 3.63) is 0 Å². The van der Waals surface area contributed by atoms with E-state index < -0.39 is 24.1 Å². The third kappa shape index (κ3) is 1.98. The van der Waals surface area contributed by atoms with Gasteiger partial charge < -0.3 is 29.9 Å². The van der Waals surface area contributed by atoms with Crippen LogP contribution in [-0.2, 0) is 9.47 Å². The molecule has 13 heavy (non-hydrogen) atoms. The van der Waals surface area contributed by atoms with Crippen molar-refractivity contribution in [2.75, 3.05) is 20.3 Å². The maximum atomic E-state index is 9.56. The SMILES string of the molecule is COCC1(O)OC[C@@H](O)[C@@H](O)[C@@H]1O. The van der Waals surface area contributed by atoms with Crippen LogP contribution in [0.3, 0.4) is 0 Å². The Morgan fingerprint density at radius 1 is 1.46 bits per heavy atom. The highest BCUT2D eigenvalue weighted by molar-refractivity contribution is 4.91. The van der Waals surface area contributed by atoms with Gasteiger partial charge in [0, 0.05) is 7.11 Å². The summed E-state index contributed by atoms with van der Waals surface area (Å²) in [6.45, 7) is -0.504. The smallest absolute Gasteiger partial charge is 0.219 e. The van der Waals surface area contributed by atoms with E-state index >= 15 is 0 Å². The Labute approximate surface area is 75.3 Å². The summed E-state index contributed by atoms with van der Waals surface area (Å²) in [7, 11) is 1.32. The third-order valence-corrected chi connectivity index (χ3v) is 2.04. The number of hydrogen-bond donors (Lipinski definition) is 4. The minimum atomic E-state index is -1.94. The van der Waals surface area contributed by atoms with Crippen molar-refractivity contribution in [2.24, 2.45) is 0 Å². The summed E-state index contributed by atoms with van der Waals surface area (Å²) in [5.41, 5.74) is 0. The highest BCUT2D eigenvalue weighted by Crippen LogP contribution is 2.23. The Morgan fingerprint density at radius 3 is 2.62 bits per heavy atom. The molecular weight excluding hydrogens is 180 g/mol. The lowest BCUT2D eigenvalue weighted by molar-refractivity contribution is -0.333. The van der Waals surface area contributed by atoms with Gasteiger partial charge in [-0.1, -0.05) is 0 Å². The van der Waals surface area contributed by atoms with Crippen molar-refractivity contribution >= 4 is 0 Å². The largest absolute Gasteiger partial charge is 0.388 e. The molecule has 1 aliphatic heterocycles. The highest BCUT2D eigenvalue weighted by Gasteiger charge is 2.48. The first-order chi connectivity index (χ1) is 6.01. The Bertz CT molecular complexity index is 174. The molecule has 1 aliphatic rings. The zero-order valence-corrected chi connectivity index (χ0v) is 7.25. The van der Waals surface area contributed by atoms with Gasteiger partial charge in [0.15, 0.2) is 0 Å². The van der Waals surface area contributed by atoms with Gasteiger partial charge in [-0.05, 0) is 0 Å². The molecule has 0 aliphatic carbocycles. The van der Waals surface area contributed by atoms with E-state index in [2.05, 4.69) is 4.74 Å². The van der Waals surface area contributed by atoms with Crippen LogP contribution >= 0.6 is 0 Å². The van der Waals surface area contributed by atoms with Crippen molar-refractivity contribution in [3.8, 4) is 0 Å². The summed E-state index contributed by atoms with van der Waals surface area (Å²) in [5.74, 6) is -1.94. The van der Waals surface area contributed by atoms with Gasteiger partial charge in [-0.3, -0.25) is 0 Å². The van der Waals surface area contributed by atoms with Gasteiger partial charge in [-0.2, -0.15) is 0 Å². The standard InChI is InChI=1S/C7H14O6/c1-12-3-7(11)6(10)5(9)4(8)2-13-7/h4-6,8-11H,2-3H2,1H3/t4-,5-,6+,7?/m1/s1. The lowest BCUT2D eigenvalue weighted by atomic mass is 9.97. The average molecular weight is 194 g/mol. The van der Waals surface area contributed by atoms with Gasteiger partial charge in [0.1, 0.15) is 24.9 Å².